The summed E-state index contributed by atoms with van der Waals surface area (Å²) in [7, 11) is 0. The van der Waals surface area contributed by atoms with Gasteiger partial charge in [-0.25, -0.2) is 0 Å². The fraction of sp³-hybridized carbons (Fsp3) is 0.478. The van der Waals surface area contributed by atoms with Gasteiger partial charge in [-0.15, -0.1) is 0 Å². The van der Waals surface area contributed by atoms with Crippen molar-refractivity contribution in [2.75, 3.05) is 44.2 Å². The fourth-order valence-corrected chi connectivity index (χ4v) is 4.22. The number of piperazine rings is 1. The summed E-state index contributed by atoms with van der Waals surface area (Å²) in [6.45, 7) is 7.93. The summed E-state index contributed by atoms with van der Waals surface area (Å²) in [5, 5.41) is 10.1. The lowest BCUT2D eigenvalue weighted by atomic mass is 9.97. The van der Waals surface area contributed by atoms with Crippen LogP contribution in [0.3, 0.4) is 0 Å². The Bertz CT molecular complexity index is 756. The summed E-state index contributed by atoms with van der Waals surface area (Å²) in [4.78, 5) is 4.95. The van der Waals surface area contributed by atoms with Crippen molar-refractivity contribution in [3.63, 3.8) is 0 Å². The Morgan fingerprint density at radius 2 is 1.89 bits per heavy atom. The quantitative estimate of drug-likeness (QED) is 0.878. The normalized spacial score (nSPS) is 21.7. The van der Waals surface area contributed by atoms with Crippen molar-refractivity contribution in [3.05, 3.63) is 65.2 Å². The molecule has 1 saturated heterocycles. The maximum absolute atomic E-state index is 10.1. The van der Waals surface area contributed by atoms with Gasteiger partial charge in [-0.3, -0.25) is 4.90 Å². The van der Waals surface area contributed by atoms with Crippen LogP contribution in [0.1, 0.15) is 42.2 Å². The number of hydrogen-bond donors (Lipinski definition) is 1. The molecule has 0 aliphatic carbocycles. The highest BCUT2D eigenvalue weighted by Crippen LogP contribution is 2.28. The van der Waals surface area contributed by atoms with Gasteiger partial charge in [-0.05, 0) is 41.7 Å². The van der Waals surface area contributed by atoms with E-state index in [1.54, 1.807) is 0 Å². The summed E-state index contributed by atoms with van der Waals surface area (Å²) in [6.07, 6.45) is 1.61. The minimum atomic E-state index is -0.366. The van der Waals surface area contributed by atoms with Gasteiger partial charge in [-0.1, -0.05) is 43.3 Å². The van der Waals surface area contributed by atoms with Crippen molar-refractivity contribution in [3.8, 4) is 0 Å². The van der Waals surface area contributed by atoms with Crippen molar-refractivity contribution in [1.29, 1.82) is 0 Å². The van der Waals surface area contributed by atoms with Crippen LogP contribution in [0, 0.1) is 0 Å². The molecule has 0 aromatic heterocycles. The highest BCUT2D eigenvalue weighted by molar-refractivity contribution is 5.49. The number of aliphatic hydroxyl groups excluding tert-OH is 1. The van der Waals surface area contributed by atoms with Crippen LogP contribution in [-0.4, -0.2) is 49.3 Å². The number of rotatable bonds is 5. The van der Waals surface area contributed by atoms with E-state index in [0.717, 1.165) is 57.7 Å². The zero-order valence-corrected chi connectivity index (χ0v) is 16.2. The van der Waals surface area contributed by atoms with Gasteiger partial charge < -0.3 is 14.7 Å². The SMILES string of the molecule is CCC(O)c1cccc(N2CCN(CC3OCCc4ccccc43)CC2)c1. The van der Waals surface area contributed by atoms with Gasteiger partial charge in [0.15, 0.2) is 0 Å². The molecule has 4 heteroatoms. The predicted molar refractivity (Wildman–Crippen MR) is 109 cm³/mol. The fourth-order valence-electron chi connectivity index (χ4n) is 4.22. The second-order valence-corrected chi connectivity index (χ2v) is 7.61. The van der Waals surface area contributed by atoms with E-state index < -0.39 is 0 Å². The average molecular weight is 367 g/mol. The summed E-state index contributed by atoms with van der Waals surface area (Å²) in [6, 6.07) is 17.1. The zero-order valence-electron chi connectivity index (χ0n) is 16.2. The van der Waals surface area contributed by atoms with E-state index in [0.29, 0.717) is 0 Å². The Morgan fingerprint density at radius 1 is 1.07 bits per heavy atom. The van der Waals surface area contributed by atoms with E-state index in [4.69, 9.17) is 4.74 Å². The van der Waals surface area contributed by atoms with E-state index >= 15 is 0 Å². The highest BCUT2D eigenvalue weighted by Gasteiger charge is 2.25. The number of aliphatic hydroxyl groups is 1. The van der Waals surface area contributed by atoms with Crippen molar-refractivity contribution < 1.29 is 9.84 Å². The molecule has 2 aromatic rings. The van der Waals surface area contributed by atoms with Crippen LogP contribution in [0.4, 0.5) is 5.69 Å². The molecule has 0 bridgehead atoms. The Kier molecular flexibility index (Phi) is 5.77. The topological polar surface area (TPSA) is 35.9 Å². The molecule has 2 atom stereocenters. The molecule has 0 amide bonds. The number of nitrogens with zero attached hydrogens (tertiary/aromatic N) is 2. The monoisotopic (exact) mass is 366 g/mol. The van der Waals surface area contributed by atoms with E-state index in [1.807, 2.05) is 13.0 Å². The first-order valence-corrected chi connectivity index (χ1v) is 10.2. The lowest BCUT2D eigenvalue weighted by Crippen LogP contribution is -2.48. The molecule has 1 N–H and O–H groups in total. The molecule has 2 aliphatic heterocycles. The van der Waals surface area contributed by atoms with Crippen LogP contribution in [0.2, 0.25) is 0 Å². The van der Waals surface area contributed by atoms with Gasteiger partial charge in [0, 0.05) is 38.4 Å². The maximum Gasteiger partial charge on any atom is 0.0954 e. The molecule has 2 unspecified atom stereocenters. The molecule has 27 heavy (non-hydrogen) atoms. The van der Waals surface area contributed by atoms with Crippen LogP contribution in [0.25, 0.3) is 0 Å². The standard InChI is InChI=1S/C23H30N2O2/c1-2-22(26)19-7-5-8-20(16-19)25-13-11-24(12-14-25)17-23-21-9-4-3-6-18(21)10-15-27-23/h3-9,16,22-23,26H,2,10-15,17H2,1H3. The van der Waals surface area contributed by atoms with Crippen LogP contribution < -0.4 is 4.90 Å². The van der Waals surface area contributed by atoms with Crippen LogP contribution in [0.15, 0.2) is 48.5 Å². The minimum Gasteiger partial charge on any atom is -0.388 e. The lowest BCUT2D eigenvalue weighted by Gasteiger charge is -2.38. The van der Waals surface area contributed by atoms with Gasteiger partial charge in [-0.2, -0.15) is 0 Å². The Morgan fingerprint density at radius 3 is 2.70 bits per heavy atom. The van der Waals surface area contributed by atoms with Crippen molar-refractivity contribution >= 4 is 5.69 Å². The van der Waals surface area contributed by atoms with Gasteiger partial charge in [0.05, 0.1) is 18.8 Å². The number of fused-ring (bicyclic) bond motifs is 1. The second-order valence-electron chi connectivity index (χ2n) is 7.61. The van der Waals surface area contributed by atoms with Gasteiger partial charge >= 0.3 is 0 Å². The first-order chi connectivity index (χ1) is 13.2. The Hall–Kier alpha value is -1.88. The third-order valence-corrected chi connectivity index (χ3v) is 5.90. The molecule has 4 nitrogen and oxygen atoms in total. The van der Waals surface area contributed by atoms with E-state index in [9.17, 15) is 5.11 Å². The summed E-state index contributed by atoms with van der Waals surface area (Å²) in [5.74, 6) is 0. The molecule has 2 aromatic carbocycles. The van der Waals surface area contributed by atoms with Crippen molar-refractivity contribution in [2.45, 2.75) is 32.0 Å². The summed E-state index contributed by atoms with van der Waals surface area (Å²) < 4.78 is 6.09. The van der Waals surface area contributed by atoms with E-state index in [2.05, 4.69) is 52.3 Å². The molecule has 4 rings (SSSR count). The van der Waals surface area contributed by atoms with E-state index in [1.165, 1.54) is 16.8 Å². The second kappa shape index (κ2) is 8.42. The van der Waals surface area contributed by atoms with Gasteiger partial charge in [0.2, 0.25) is 0 Å². The number of anilines is 1. The highest BCUT2D eigenvalue weighted by atomic mass is 16.5. The van der Waals surface area contributed by atoms with Crippen LogP contribution in [-0.2, 0) is 11.2 Å². The molecular formula is C23H30N2O2. The molecule has 144 valence electrons. The maximum atomic E-state index is 10.1. The zero-order chi connectivity index (χ0) is 18.6. The molecule has 2 aliphatic rings. The van der Waals surface area contributed by atoms with Gasteiger partial charge in [0.1, 0.15) is 0 Å². The predicted octanol–water partition coefficient (Wildman–Crippen LogP) is 3.57. The molecule has 0 saturated carbocycles. The van der Waals surface area contributed by atoms with E-state index in [-0.39, 0.29) is 12.2 Å². The largest absolute Gasteiger partial charge is 0.388 e. The molecule has 1 fully saturated rings. The number of benzene rings is 2. The summed E-state index contributed by atoms with van der Waals surface area (Å²) >= 11 is 0. The molecular weight excluding hydrogens is 336 g/mol. The third kappa shape index (κ3) is 4.18. The number of ether oxygens (including phenoxy) is 1. The Labute approximate surface area is 162 Å². The molecule has 0 spiro atoms. The van der Waals surface area contributed by atoms with Crippen LogP contribution in [0.5, 0.6) is 0 Å². The van der Waals surface area contributed by atoms with Gasteiger partial charge in [0.25, 0.3) is 0 Å². The van der Waals surface area contributed by atoms with Crippen molar-refractivity contribution in [1.82, 2.24) is 4.90 Å². The first-order valence-electron chi connectivity index (χ1n) is 10.2. The smallest absolute Gasteiger partial charge is 0.0954 e. The average Bonchev–Trinajstić information content (AvgIpc) is 2.74. The molecule has 2 heterocycles. The van der Waals surface area contributed by atoms with Crippen LogP contribution >= 0.6 is 0 Å². The van der Waals surface area contributed by atoms with Crippen molar-refractivity contribution in [2.24, 2.45) is 0 Å². The first kappa shape index (κ1) is 18.5. The number of hydrogen-bond acceptors (Lipinski definition) is 4. The third-order valence-electron chi connectivity index (χ3n) is 5.90. The minimum absolute atomic E-state index is 0.199. The Balaban J connectivity index is 1.36. The summed E-state index contributed by atoms with van der Waals surface area (Å²) in [5.41, 5.74) is 5.05. The lowest BCUT2D eigenvalue weighted by molar-refractivity contribution is 0.0148. The molecule has 0 radical (unpaired) electrons.